The standard InChI is InChI=1S/C12H26.C11H24.C10H22.2C9H20.C8H18.CH4/c1-5-7-11(3)9-10-12(4)8-6-2;1-5-7-10(3)9-11(4)8-6-2;1-5-7-9(3)10(4)8-6-2;1-5-7-9(4)8(3)6-2;1-5-9(6-2,7-3)8-4;1-5-7(3)8(4)6-2;/h11-12H,5-10H2,1-4H3;10-11H,5-9H2,1-4H3;9-10H,5-8H2,1-4H3;8-9H,5-7H2,1-4H3;5-8H2,1-4H3;7-8H,5-6H2,1-4H3;1H4. The van der Waals surface area contributed by atoms with Gasteiger partial charge in [0.1, 0.15) is 0 Å². The van der Waals surface area contributed by atoms with Crippen LogP contribution in [0.3, 0.4) is 0 Å². The molecule has 0 bridgehead atoms. The summed E-state index contributed by atoms with van der Waals surface area (Å²) < 4.78 is 0. The zero-order valence-electron chi connectivity index (χ0n) is 47.2. The molecule has 0 radical (unpaired) electrons. The first-order valence-corrected chi connectivity index (χ1v) is 27.8. The molecule has 0 rings (SSSR count). The molecule has 0 heteroatoms. The summed E-state index contributed by atoms with van der Waals surface area (Å²) in [6, 6.07) is 0. The van der Waals surface area contributed by atoms with Gasteiger partial charge in [-0.25, -0.2) is 0 Å². The van der Waals surface area contributed by atoms with Crippen LogP contribution in [-0.2, 0) is 0 Å². The van der Waals surface area contributed by atoms with E-state index in [0.717, 1.165) is 59.2 Å². The molecule has 0 spiro atoms. The molecule has 0 saturated carbocycles. The summed E-state index contributed by atoms with van der Waals surface area (Å²) in [4.78, 5) is 0. The third kappa shape index (κ3) is 52.3. The number of hydrogen-bond donors (Lipinski definition) is 0. The van der Waals surface area contributed by atoms with Crippen molar-refractivity contribution in [1.29, 1.82) is 0 Å². The summed E-state index contributed by atoms with van der Waals surface area (Å²) in [6.45, 7) is 55.6. The van der Waals surface area contributed by atoms with E-state index in [9.17, 15) is 0 Å². The van der Waals surface area contributed by atoms with E-state index in [1.807, 2.05) is 0 Å². The van der Waals surface area contributed by atoms with E-state index < -0.39 is 0 Å². The first-order chi connectivity index (χ1) is 27.8. The second-order valence-electron chi connectivity index (χ2n) is 20.8. The molecule has 0 saturated heterocycles. The Morgan fingerprint density at radius 2 is 0.450 bits per heavy atom. The van der Waals surface area contributed by atoms with Crippen LogP contribution in [0.1, 0.15) is 328 Å². The highest BCUT2D eigenvalue weighted by Crippen LogP contribution is 2.33. The molecule has 0 amide bonds. The molecule has 0 nitrogen and oxygen atoms in total. The fraction of sp³-hybridized carbons (Fsp3) is 1.00. The molecule has 0 fully saturated rings. The quantitative estimate of drug-likeness (QED) is 0.0703. The van der Waals surface area contributed by atoms with Crippen LogP contribution in [0.25, 0.3) is 0 Å². The lowest BCUT2D eigenvalue weighted by molar-refractivity contribution is 0.240. The average Bonchev–Trinajstić information content (AvgIpc) is 3.22. The number of hydrogen-bond acceptors (Lipinski definition) is 0. The molecule has 0 aromatic carbocycles. The van der Waals surface area contributed by atoms with Gasteiger partial charge in [0, 0.05) is 0 Å². The van der Waals surface area contributed by atoms with Crippen LogP contribution < -0.4 is 0 Å². The first kappa shape index (κ1) is 74.4. The van der Waals surface area contributed by atoms with E-state index in [2.05, 4.69) is 166 Å². The lowest BCUT2D eigenvalue weighted by atomic mass is 9.78. The molecule has 374 valence electrons. The van der Waals surface area contributed by atoms with Crippen molar-refractivity contribution in [3.8, 4) is 0 Å². The van der Waals surface area contributed by atoms with E-state index in [0.29, 0.717) is 5.41 Å². The Kier molecular flexibility index (Phi) is 68.3. The van der Waals surface area contributed by atoms with Gasteiger partial charge in [0.15, 0.2) is 0 Å². The van der Waals surface area contributed by atoms with Gasteiger partial charge in [-0.15, -0.1) is 0 Å². The summed E-state index contributed by atoms with van der Waals surface area (Å²) in [5.74, 6) is 9.35. The highest BCUT2D eigenvalue weighted by Gasteiger charge is 2.20. The second kappa shape index (κ2) is 55.1. The van der Waals surface area contributed by atoms with Crippen LogP contribution in [0, 0.1) is 64.6 Å². The van der Waals surface area contributed by atoms with E-state index >= 15 is 0 Å². The zero-order chi connectivity index (χ0) is 47.2. The average molecular weight is 856 g/mol. The van der Waals surface area contributed by atoms with E-state index in [-0.39, 0.29) is 7.43 Å². The fourth-order valence-corrected chi connectivity index (χ4v) is 8.68. The molecular formula is C60H134. The first-order valence-electron chi connectivity index (χ1n) is 27.8. The lowest BCUT2D eigenvalue weighted by Crippen LogP contribution is -2.15. The van der Waals surface area contributed by atoms with Gasteiger partial charge in [0.2, 0.25) is 0 Å². The van der Waals surface area contributed by atoms with Crippen LogP contribution in [0.4, 0.5) is 0 Å². The monoisotopic (exact) mass is 855 g/mol. The summed E-state index contributed by atoms with van der Waals surface area (Å²) in [5, 5.41) is 0. The van der Waals surface area contributed by atoms with Crippen LogP contribution in [0.15, 0.2) is 0 Å². The van der Waals surface area contributed by atoms with Gasteiger partial charge in [-0.1, -0.05) is 321 Å². The van der Waals surface area contributed by atoms with Crippen molar-refractivity contribution < 1.29 is 0 Å². The Bertz CT molecular complexity index is 645. The molecule has 0 aromatic rings. The molecule has 0 heterocycles. The lowest BCUT2D eigenvalue weighted by Gasteiger charge is -2.28. The van der Waals surface area contributed by atoms with Gasteiger partial charge in [-0.05, 0) is 71.0 Å². The minimum atomic E-state index is 0. The highest BCUT2D eigenvalue weighted by atomic mass is 14.3. The predicted octanol–water partition coefficient (Wildman–Crippen LogP) is 23.5. The third-order valence-corrected chi connectivity index (χ3v) is 15.2. The van der Waals surface area contributed by atoms with Gasteiger partial charge < -0.3 is 0 Å². The highest BCUT2D eigenvalue weighted by molar-refractivity contribution is 4.72. The minimum Gasteiger partial charge on any atom is -0.0776 e. The fourth-order valence-electron chi connectivity index (χ4n) is 8.68. The Hall–Kier alpha value is 0. The van der Waals surface area contributed by atoms with Gasteiger partial charge >= 0.3 is 0 Å². The van der Waals surface area contributed by atoms with Gasteiger partial charge in [-0.2, -0.15) is 0 Å². The van der Waals surface area contributed by atoms with Crippen molar-refractivity contribution in [2.75, 3.05) is 0 Å². The SMILES string of the molecule is C.CCC(C)C(C)CC.CCC(CC)(CC)CC.CCCC(C)C(C)CC.CCCC(C)C(C)CCC.CCCC(C)CC(C)CCC.CCCC(C)CCC(C)CCC. The van der Waals surface area contributed by atoms with Crippen molar-refractivity contribution in [3.63, 3.8) is 0 Å². The van der Waals surface area contributed by atoms with Crippen molar-refractivity contribution in [2.24, 2.45) is 64.6 Å². The molecule has 10 atom stereocenters. The molecule has 0 aliphatic carbocycles. The van der Waals surface area contributed by atoms with E-state index in [1.165, 1.54) is 154 Å². The molecule has 0 aromatic heterocycles. The van der Waals surface area contributed by atoms with Crippen molar-refractivity contribution in [2.45, 2.75) is 328 Å². The Morgan fingerprint density at radius 3 is 0.633 bits per heavy atom. The molecule has 0 aliphatic rings. The maximum Gasteiger partial charge on any atom is -0.0308 e. The van der Waals surface area contributed by atoms with Crippen LogP contribution in [0.5, 0.6) is 0 Å². The Labute approximate surface area is 390 Å². The van der Waals surface area contributed by atoms with Gasteiger partial charge in [0.25, 0.3) is 0 Å². The largest absolute Gasteiger partial charge is 0.0776 e. The molecule has 60 heavy (non-hydrogen) atoms. The molecular weight excluding hydrogens is 721 g/mol. The third-order valence-electron chi connectivity index (χ3n) is 15.2. The molecule has 0 aliphatic heterocycles. The summed E-state index contributed by atoms with van der Waals surface area (Å²) in [5.41, 5.74) is 0.667. The topological polar surface area (TPSA) is 0 Å². The maximum atomic E-state index is 2.39. The molecule has 0 N–H and O–H groups in total. The minimum absolute atomic E-state index is 0. The normalized spacial score (nSPS) is 15.8. The van der Waals surface area contributed by atoms with Crippen LogP contribution in [0.2, 0.25) is 0 Å². The summed E-state index contributed by atoms with van der Waals surface area (Å²) in [6.07, 6.45) is 33.0. The maximum absolute atomic E-state index is 2.39. The van der Waals surface area contributed by atoms with Gasteiger partial charge in [-0.3, -0.25) is 0 Å². The summed E-state index contributed by atoms with van der Waals surface area (Å²) in [7, 11) is 0. The van der Waals surface area contributed by atoms with Gasteiger partial charge in [0.05, 0.1) is 0 Å². The van der Waals surface area contributed by atoms with E-state index in [1.54, 1.807) is 0 Å². The van der Waals surface area contributed by atoms with Crippen molar-refractivity contribution in [1.82, 2.24) is 0 Å². The predicted molar refractivity (Wildman–Crippen MR) is 291 cm³/mol. The zero-order valence-corrected chi connectivity index (χ0v) is 47.2. The number of rotatable bonds is 29. The second-order valence-corrected chi connectivity index (χ2v) is 20.8. The molecule has 10 unspecified atom stereocenters. The Morgan fingerprint density at radius 1 is 0.250 bits per heavy atom. The van der Waals surface area contributed by atoms with Crippen molar-refractivity contribution in [3.05, 3.63) is 0 Å². The van der Waals surface area contributed by atoms with E-state index in [4.69, 9.17) is 0 Å². The summed E-state index contributed by atoms with van der Waals surface area (Å²) >= 11 is 0. The smallest absolute Gasteiger partial charge is 0.0308 e. The van der Waals surface area contributed by atoms with Crippen LogP contribution >= 0.6 is 0 Å². The van der Waals surface area contributed by atoms with Crippen LogP contribution in [-0.4, -0.2) is 0 Å². The van der Waals surface area contributed by atoms with Crippen molar-refractivity contribution >= 4 is 0 Å². The Balaban J connectivity index is -0.000000113.